The quantitative estimate of drug-likeness (QED) is 0.580. The molecule has 1 saturated heterocycles. The molecule has 1 aliphatic heterocycles. The van der Waals surface area contributed by atoms with Gasteiger partial charge in [-0.05, 0) is 0 Å². The Balaban J connectivity index is 2.35. The van der Waals surface area contributed by atoms with Gasteiger partial charge < -0.3 is 14.9 Å². The van der Waals surface area contributed by atoms with E-state index in [2.05, 4.69) is 4.98 Å². The van der Waals surface area contributed by atoms with Crippen LogP contribution in [0.4, 0.5) is 0 Å². The van der Waals surface area contributed by atoms with Crippen LogP contribution in [0.15, 0.2) is 21.9 Å². The molecular weight excluding hydrogens is 228 g/mol. The van der Waals surface area contributed by atoms with Crippen molar-refractivity contribution in [2.24, 2.45) is 5.92 Å². The molecular formula is C10H14N2O5. The van der Waals surface area contributed by atoms with Crippen molar-refractivity contribution < 1.29 is 14.9 Å². The van der Waals surface area contributed by atoms with Crippen molar-refractivity contribution >= 4 is 0 Å². The summed E-state index contributed by atoms with van der Waals surface area (Å²) >= 11 is 0. The van der Waals surface area contributed by atoms with Gasteiger partial charge in [0.25, 0.3) is 5.56 Å². The number of rotatable bonds is 2. The van der Waals surface area contributed by atoms with Gasteiger partial charge in [0.05, 0.1) is 12.7 Å². The van der Waals surface area contributed by atoms with Crippen molar-refractivity contribution in [2.45, 2.75) is 25.4 Å². The highest BCUT2D eigenvalue weighted by molar-refractivity contribution is 4.91. The Morgan fingerprint density at radius 1 is 1.53 bits per heavy atom. The number of aliphatic hydroxyl groups is 2. The van der Waals surface area contributed by atoms with E-state index >= 15 is 0 Å². The fraction of sp³-hybridized carbons (Fsp3) is 0.600. The molecule has 0 aliphatic carbocycles. The molecule has 1 fully saturated rings. The summed E-state index contributed by atoms with van der Waals surface area (Å²) in [6, 6.07) is 1.20. The summed E-state index contributed by atoms with van der Waals surface area (Å²) in [6.07, 6.45) is -0.932. The number of nitrogens with zero attached hydrogens (tertiary/aromatic N) is 1. The summed E-state index contributed by atoms with van der Waals surface area (Å²) in [6.45, 7) is 1.39. The van der Waals surface area contributed by atoms with Gasteiger partial charge in [-0.15, -0.1) is 0 Å². The predicted molar refractivity (Wildman–Crippen MR) is 57.5 cm³/mol. The first-order chi connectivity index (χ1) is 8.04. The first-order valence-electron chi connectivity index (χ1n) is 5.30. The van der Waals surface area contributed by atoms with E-state index in [0.717, 1.165) is 0 Å². The lowest BCUT2D eigenvalue weighted by molar-refractivity contribution is -0.0477. The van der Waals surface area contributed by atoms with E-state index in [0.29, 0.717) is 0 Å². The Bertz CT molecular complexity index is 508. The van der Waals surface area contributed by atoms with Crippen LogP contribution in [-0.2, 0) is 4.74 Å². The van der Waals surface area contributed by atoms with E-state index in [1.54, 1.807) is 6.92 Å². The van der Waals surface area contributed by atoms with Crippen LogP contribution >= 0.6 is 0 Å². The smallest absolute Gasteiger partial charge is 0.330 e. The van der Waals surface area contributed by atoms with Gasteiger partial charge in [-0.3, -0.25) is 14.3 Å². The highest BCUT2D eigenvalue weighted by atomic mass is 16.5. The molecule has 1 aromatic heterocycles. The minimum absolute atomic E-state index is 0.319. The van der Waals surface area contributed by atoms with Gasteiger partial charge in [0.15, 0.2) is 0 Å². The number of aromatic amines is 1. The Hall–Kier alpha value is -1.44. The summed E-state index contributed by atoms with van der Waals surface area (Å²) in [5.41, 5.74) is -1.09. The molecule has 0 saturated carbocycles. The third-order valence-corrected chi connectivity index (χ3v) is 2.99. The second kappa shape index (κ2) is 4.44. The molecule has 0 radical (unpaired) electrons. The first-order valence-corrected chi connectivity index (χ1v) is 5.30. The van der Waals surface area contributed by atoms with Crippen molar-refractivity contribution in [3.63, 3.8) is 0 Å². The molecule has 7 heteroatoms. The highest BCUT2D eigenvalue weighted by Gasteiger charge is 2.41. The maximum absolute atomic E-state index is 11.6. The molecule has 1 aliphatic rings. The lowest BCUT2D eigenvalue weighted by Crippen LogP contribution is -2.33. The van der Waals surface area contributed by atoms with E-state index < -0.39 is 29.7 Å². The maximum Gasteiger partial charge on any atom is 0.330 e. The minimum atomic E-state index is -0.844. The highest BCUT2D eigenvalue weighted by Crippen LogP contribution is 2.32. The summed E-state index contributed by atoms with van der Waals surface area (Å²) in [5.74, 6) is -0.351. The minimum Gasteiger partial charge on any atom is -0.394 e. The Labute approximate surface area is 96.3 Å². The fourth-order valence-corrected chi connectivity index (χ4v) is 1.99. The van der Waals surface area contributed by atoms with Gasteiger partial charge in [0.1, 0.15) is 12.3 Å². The second-order valence-electron chi connectivity index (χ2n) is 4.11. The van der Waals surface area contributed by atoms with E-state index in [-0.39, 0.29) is 12.5 Å². The van der Waals surface area contributed by atoms with E-state index in [9.17, 15) is 14.7 Å². The molecule has 0 spiro atoms. The van der Waals surface area contributed by atoms with E-state index in [1.165, 1.54) is 16.8 Å². The van der Waals surface area contributed by atoms with Crippen LogP contribution < -0.4 is 11.2 Å². The van der Waals surface area contributed by atoms with Crippen molar-refractivity contribution in [3.05, 3.63) is 33.1 Å². The monoisotopic (exact) mass is 242 g/mol. The number of aliphatic hydroxyl groups excluding tert-OH is 2. The molecule has 0 unspecified atom stereocenters. The molecule has 0 aromatic carbocycles. The lowest BCUT2D eigenvalue weighted by atomic mass is 10.0. The number of nitrogens with one attached hydrogen (secondary N) is 1. The van der Waals surface area contributed by atoms with Crippen LogP contribution in [0.1, 0.15) is 13.2 Å². The van der Waals surface area contributed by atoms with Gasteiger partial charge >= 0.3 is 5.69 Å². The molecule has 4 atom stereocenters. The standard InChI is InChI=1S/C10H14N2O5/c1-5-8(15)6(4-13)17-9(5)12-3-2-7(14)11-10(12)16/h2-3,5-6,8-9,13,15H,4H2,1H3,(H,11,14,16)/t5-,6+,8-,9+/m0/s1. The van der Waals surface area contributed by atoms with E-state index in [1.807, 2.05) is 0 Å². The predicted octanol–water partition coefficient (Wildman–Crippen LogP) is -1.58. The zero-order chi connectivity index (χ0) is 12.6. The van der Waals surface area contributed by atoms with Crippen LogP contribution in [0.5, 0.6) is 0 Å². The van der Waals surface area contributed by atoms with Crippen LogP contribution in [0.2, 0.25) is 0 Å². The molecule has 1 aromatic rings. The molecule has 7 nitrogen and oxygen atoms in total. The van der Waals surface area contributed by atoms with Crippen molar-refractivity contribution in [1.29, 1.82) is 0 Å². The molecule has 0 amide bonds. The Kier molecular flexibility index (Phi) is 3.14. The summed E-state index contributed by atoms with van der Waals surface area (Å²) in [5, 5.41) is 18.8. The summed E-state index contributed by atoms with van der Waals surface area (Å²) in [4.78, 5) is 24.6. The third kappa shape index (κ3) is 2.04. The topological polar surface area (TPSA) is 105 Å². The average Bonchev–Trinajstić information content (AvgIpc) is 2.57. The molecule has 2 rings (SSSR count). The number of ether oxygens (including phenoxy) is 1. The SMILES string of the molecule is C[C@H]1[C@H](O)[C@@H](CO)O[C@H]1n1ccc(=O)[nH]c1=O. The molecule has 17 heavy (non-hydrogen) atoms. The molecule has 2 heterocycles. The largest absolute Gasteiger partial charge is 0.394 e. The Morgan fingerprint density at radius 3 is 2.76 bits per heavy atom. The van der Waals surface area contributed by atoms with E-state index in [4.69, 9.17) is 9.84 Å². The molecule has 94 valence electrons. The molecule has 3 N–H and O–H groups in total. The van der Waals surface area contributed by atoms with Crippen LogP contribution in [-0.4, -0.2) is 38.6 Å². The maximum atomic E-state index is 11.6. The van der Waals surface area contributed by atoms with Crippen molar-refractivity contribution in [1.82, 2.24) is 9.55 Å². The number of hydrogen-bond donors (Lipinski definition) is 3. The first kappa shape index (κ1) is 12.0. The third-order valence-electron chi connectivity index (χ3n) is 2.99. The molecule has 0 bridgehead atoms. The zero-order valence-corrected chi connectivity index (χ0v) is 9.24. The van der Waals surface area contributed by atoms with Gasteiger partial charge in [0.2, 0.25) is 0 Å². The van der Waals surface area contributed by atoms with Crippen LogP contribution in [0, 0.1) is 5.92 Å². The van der Waals surface area contributed by atoms with Crippen LogP contribution in [0.25, 0.3) is 0 Å². The number of hydrogen-bond acceptors (Lipinski definition) is 5. The number of H-pyrrole nitrogens is 1. The summed E-state index contributed by atoms with van der Waals surface area (Å²) in [7, 11) is 0. The van der Waals surface area contributed by atoms with Gasteiger partial charge in [0, 0.05) is 18.2 Å². The van der Waals surface area contributed by atoms with Gasteiger partial charge in [-0.1, -0.05) is 6.92 Å². The van der Waals surface area contributed by atoms with Gasteiger partial charge in [-0.25, -0.2) is 4.79 Å². The number of aromatic nitrogens is 2. The lowest BCUT2D eigenvalue weighted by Gasteiger charge is -2.17. The summed E-state index contributed by atoms with van der Waals surface area (Å²) < 4.78 is 6.58. The van der Waals surface area contributed by atoms with Crippen LogP contribution in [0.3, 0.4) is 0 Å². The Morgan fingerprint density at radius 2 is 2.24 bits per heavy atom. The zero-order valence-electron chi connectivity index (χ0n) is 9.24. The van der Waals surface area contributed by atoms with Crippen molar-refractivity contribution in [2.75, 3.05) is 6.61 Å². The normalized spacial score (nSPS) is 32.9. The van der Waals surface area contributed by atoms with Gasteiger partial charge in [-0.2, -0.15) is 0 Å². The second-order valence-corrected chi connectivity index (χ2v) is 4.11. The average molecular weight is 242 g/mol. The van der Waals surface area contributed by atoms with Crippen molar-refractivity contribution in [3.8, 4) is 0 Å². The fourth-order valence-electron chi connectivity index (χ4n) is 1.99.